The number of carbonyl (C=O) groups excluding carboxylic acids is 1. The van der Waals surface area contributed by atoms with Crippen molar-refractivity contribution in [1.82, 2.24) is 5.32 Å². The van der Waals surface area contributed by atoms with Gasteiger partial charge in [-0.1, -0.05) is 30.3 Å². The van der Waals surface area contributed by atoms with E-state index in [4.69, 9.17) is 0 Å². The van der Waals surface area contributed by atoms with Crippen molar-refractivity contribution in [3.63, 3.8) is 0 Å². The molecule has 5 nitrogen and oxygen atoms in total. The van der Waals surface area contributed by atoms with Crippen LogP contribution in [0, 0.1) is 0 Å². The zero-order valence-corrected chi connectivity index (χ0v) is 15.6. The van der Waals surface area contributed by atoms with Gasteiger partial charge in [0.25, 0.3) is 0 Å². The number of nitrogens with zero attached hydrogens (tertiary/aromatic N) is 1. The largest absolute Gasteiger partial charge is 0.478 e. The molecule has 2 aromatic rings. The molecule has 1 aliphatic rings. The monoisotopic (exact) mass is 366 g/mol. The van der Waals surface area contributed by atoms with Crippen molar-refractivity contribution in [2.75, 3.05) is 24.5 Å². The average molecular weight is 366 g/mol. The molecule has 0 aliphatic carbocycles. The lowest BCUT2D eigenvalue weighted by Crippen LogP contribution is -2.34. The fraction of sp³-hybridized carbons (Fsp3) is 0.364. The summed E-state index contributed by atoms with van der Waals surface area (Å²) in [7, 11) is 0. The molecule has 0 saturated carbocycles. The van der Waals surface area contributed by atoms with E-state index < -0.39 is 11.9 Å². The number of aromatic carboxylic acids is 1. The van der Waals surface area contributed by atoms with Crippen LogP contribution in [0.5, 0.6) is 0 Å². The van der Waals surface area contributed by atoms with Crippen molar-refractivity contribution >= 4 is 17.6 Å². The molecule has 1 aliphatic heterocycles. The first kappa shape index (κ1) is 19.0. The minimum absolute atomic E-state index is 0.107. The molecule has 1 heterocycles. The van der Waals surface area contributed by atoms with Gasteiger partial charge in [0, 0.05) is 25.3 Å². The van der Waals surface area contributed by atoms with Gasteiger partial charge in [-0.05, 0) is 55.5 Å². The number of hydrogen-bond acceptors (Lipinski definition) is 3. The van der Waals surface area contributed by atoms with Gasteiger partial charge in [-0.2, -0.15) is 0 Å². The number of carbonyl (C=O) groups is 2. The Bertz CT molecular complexity index is 813. The van der Waals surface area contributed by atoms with Crippen LogP contribution in [-0.4, -0.2) is 36.6 Å². The molecule has 2 N–H and O–H groups in total. The minimum Gasteiger partial charge on any atom is -0.478 e. The number of carboxylic acid groups (broad SMARTS) is 1. The van der Waals surface area contributed by atoms with Crippen molar-refractivity contribution < 1.29 is 14.7 Å². The highest BCUT2D eigenvalue weighted by atomic mass is 16.4. The van der Waals surface area contributed by atoms with E-state index in [-0.39, 0.29) is 11.5 Å². The molecule has 1 fully saturated rings. The Labute approximate surface area is 160 Å². The highest BCUT2D eigenvalue weighted by Gasteiger charge is 2.27. The maximum absolute atomic E-state index is 13.0. The number of piperidine rings is 1. The molecular formula is C22H26N2O3. The van der Waals surface area contributed by atoms with Crippen LogP contribution in [-0.2, 0) is 4.79 Å². The second-order valence-electron chi connectivity index (χ2n) is 6.86. The summed E-state index contributed by atoms with van der Waals surface area (Å²) < 4.78 is 0. The summed E-state index contributed by atoms with van der Waals surface area (Å²) in [6.45, 7) is 4.38. The number of nitrogens with one attached hydrogen (secondary N) is 1. The Balaban J connectivity index is 2.08. The fourth-order valence-electron chi connectivity index (χ4n) is 3.75. The maximum atomic E-state index is 13.0. The summed E-state index contributed by atoms with van der Waals surface area (Å²) in [4.78, 5) is 26.7. The predicted molar refractivity (Wildman–Crippen MR) is 106 cm³/mol. The fourth-order valence-corrected chi connectivity index (χ4v) is 3.75. The normalized spacial score (nSPS) is 15.2. The quantitative estimate of drug-likeness (QED) is 0.819. The molecule has 27 heavy (non-hydrogen) atoms. The summed E-state index contributed by atoms with van der Waals surface area (Å²) in [6.07, 6.45) is 3.53. The van der Waals surface area contributed by atoms with E-state index in [9.17, 15) is 14.7 Å². The minimum atomic E-state index is -0.990. The second-order valence-corrected chi connectivity index (χ2v) is 6.86. The smallest absolute Gasteiger partial charge is 0.335 e. The van der Waals surface area contributed by atoms with Gasteiger partial charge in [-0.15, -0.1) is 0 Å². The third kappa shape index (κ3) is 4.30. The number of anilines is 1. The number of benzene rings is 2. The van der Waals surface area contributed by atoms with Gasteiger partial charge in [0.1, 0.15) is 0 Å². The summed E-state index contributed by atoms with van der Waals surface area (Å²) in [5.41, 5.74) is 2.88. The molecule has 0 bridgehead atoms. The number of hydrogen-bond donors (Lipinski definition) is 2. The Morgan fingerprint density at radius 2 is 1.81 bits per heavy atom. The average Bonchev–Trinajstić information content (AvgIpc) is 2.70. The number of rotatable bonds is 6. The van der Waals surface area contributed by atoms with Gasteiger partial charge in [-0.3, -0.25) is 4.79 Å². The first-order valence-electron chi connectivity index (χ1n) is 9.56. The zero-order valence-electron chi connectivity index (χ0n) is 15.6. The molecule has 1 saturated heterocycles. The van der Waals surface area contributed by atoms with Crippen molar-refractivity contribution in [3.8, 4) is 0 Å². The SMILES string of the molecule is CCNC(=O)C(c1cccc(C(=O)O)c1)c1ccccc1N1CCCCC1. The topological polar surface area (TPSA) is 69.6 Å². The molecule has 2 aromatic carbocycles. The zero-order chi connectivity index (χ0) is 19.2. The number of para-hydroxylation sites is 1. The van der Waals surface area contributed by atoms with Crippen LogP contribution in [0.4, 0.5) is 5.69 Å². The summed E-state index contributed by atoms with van der Waals surface area (Å²) >= 11 is 0. The molecule has 1 amide bonds. The summed E-state index contributed by atoms with van der Waals surface area (Å²) in [5.74, 6) is -1.64. The summed E-state index contributed by atoms with van der Waals surface area (Å²) in [5, 5.41) is 12.3. The molecule has 0 spiro atoms. The highest BCUT2D eigenvalue weighted by molar-refractivity contribution is 5.91. The van der Waals surface area contributed by atoms with Crippen LogP contribution < -0.4 is 10.2 Å². The number of carboxylic acids is 1. The molecule has 0 radical (unpaired) electrons. The number of amides is 1. The van der Waals surface area contributed by atoms with E-state index in [0.29, 0.717) is 12.1 Å². The third-order valence-electron chi connectivity index (χ3n) is 5.02. The molecule has 0 aromatic heterocycles. The van der Waals surface area contributed by atoms with E-state index in [1.165, 1.54) is 6.42 Å². The Morgan fingerprint density at radius 1 is 1.07 bits per heavy atom. The molecule has 3 rings (SSSR count). The lowest BCUT2D eigenvalue weighted by Gasteiger charge is -2.32. The van der Waals surface area contributed by atoms with E-state index >= 15 is 0 Å². The standard InChI is InChI=1S/C22H26N2O3/c1-2-23-21(25)20(16-9-8-10-17(15-16)22(26)27)18-11-4-5-12-19(18)24-13-6-3-7-14-24/h4-5,8-12,15,20H,2-3,6-7,13-14H2,1H3,(H,23,25)(H,26,27). The molecule has 142 valence electrons. The molecular weight excluding hydrogens is 340 g/mol. The molecule has 5 heteroatoms. The lowest BCUT2D eigenvalue weighted by atomic mass is 9.87. The van der Waals surface area contributed by atoms with Crippen LogP contribution in [0.15, 0.2) is 48.5 Å². The van der Waals surface area contributed by atoms with Gasteiger partial charge in [0.15, 0.2) is 0 Å². The van der Waals surface area contributed by atoms with Crippen LogP contribution in [0.1, 0.15) is 53.6 Å². The van der Waals surface area contributed by atoms with Crippen LogP contribution >= 0.6 is 0 Å². The van der Waals surface area contributed by atoms with Crippen molar-refractivity contribution in [2.45, 2.75) is 32.1 Å². The van der Waals surface area contributed by atoms with Gasteiger partial charge in [0.05, 0.1) is 11.5 Å². The predicted octanol–water partition coefficient (Wildman–Crippen LogP) is 3.64. The van der Waals surface area contributed by atoms with Crippen molar-refractivity contribution in [1.29, 1.82) is 0 Å². The van der Waals surface area contributed by atoms with E-state index in [1.807, 2.05) is 31.2 Å². The number of likely N-dealkylation sites (N-methyl/N-ethyl adjacent to an activating group) is 1. The first-order chi connectivity index (χ1) is 13.1. The van der Waals surface area contributed by atoms with Crippen LogP contribution in [0.3, 0.4) is 0 Å². The van der Waals surface area contributed by atoms with E-state index in [1.54, 1.807) is 18.2 Å². The van der Waals surface area contributed by atoms with Crippen LogP contribution in [0.2, 0.25) is 0 Å². The lowest BCUT2D eigenvalue weighted by molar-refractivity contribution is -0.121. The first-order valence-corrected chi connectivity index (χ1v) is 9.56. The maximum Gasteiger partial charge on any atom is 0.335 e. The van der Waals surface area contributed by atoms with E-state index in [0.717, 1.165) is 37.2 Å². The van der Waals surface area contributed by atoms with E-state index in [2.05, 4.69) is 16.3 Å². The Kier molecular flexibility index (Phi) is 6.12. The Morgan fingerprint density at radius 3 is 2.52 bits per heavy atom. The van der Waals surface area contributed by atoms with Gasteiger partial charge >= 0.3 is 5.97 Å². The second kappa shape index (κ2) is 8.71. The van der Waals surface area contributed by atoms with Crippen LogP contribution in [0.25, 0.3) is 0 Å². The highest BCUT2D eigenvalue weighted by Crippen LogP contribution is 2.34. The van der Waals surface area contributed by atoms with Crippen molar-refractivity contribution in [3.05, 3.63) is 65.2 Å². The summed E-state index contributed by atoms with van der Waals surface area (Å²) in [6, 6.07) is 14.7. The van der Waals surface area contributed by atoms with Gasteiger partial charge in [-0.25, -0.2) is 4.79 Å². The third-order valence-corrected chi connectivity index (χ3v) is 5.02. The molecule has 1 atom stereocenters. The molecule has 1 unspecified atom stereocenters. The van der Waals surface area contributed by atoms with Gasteiger partial charge in [0.2, 0.25) is 5.91 Å². The Hall–Kier alpha value is -2.82. The van der Waals surface area contributed by atoms with Gasteiger partial charge < -0.3 is 15.3 Å². The van der Waals surface area contributed by atoms with Crippen molar-refractivity contribution in [2.24, 2.45) is 0 Å².